The van der Waals surface area contributed by atoms with Gasteiger partial charge in [0.25, 0.3) is 0 Å². The quantitative estimate of drug-likeness (QED) is 0.753. The number of rotatable bonds is 7. The molecule has 0 saturated carbocycles. The van der Waals surface area contributed by atoms with Crippen LogP contribution in [0, 0.1) is 0 Å². The highest BCUT2D eigenvalue weighted by molar-refractivity contribution is 7.89. The van der Waals surface area contributed by atoms with E-state index in [0.717, 1.165) is 0 Å². The molecular formula is C10H17NO4S2. The van der Waals surface area contributed by atoms with E-state index < -0.39 is 10.0 Å². The fraction of sp³-hybridized carbons (Fsp3) is 0.600. The molecule has 0 unspecified atom stereocenters. The Hall–Kier alpha value is -0.470. The van der Waals surface area contributed by atoms with E-state index in [4.69, 9.17) is 9.84 Å². The normalized spacial score (nSPS) is 12.2. The third-order valence-electron chi connectivity index (χ3n) is 2.25. The number of aliphatic hydroxyl groups excluding tert-OH is 1. The van der Waals surface area contributed by atoms with Crippen LogP contribution in [-0.2, 0) is 21.4 Å². The molecule has 0 atom stereocenters. The van der Waals surface area contributed by atoms with Gasteiger partial charge in [-0.05, 0) is 13.0 Å². The van der Waals surface area contributed by atoms with Gasteiger partial charge in [0.2, 0.25) is 10.0 Å². The summed E-state index contributed by atoms with van der Waals surface area (Å²) in [5, 5.41) is 10.5. The molecular weight excluding hydrogens is 262 g/mol. The number of ether oxygens (including phenoxy) is 1. The minimum absolute atomic E-state index is 0.136. The van der Waals surface area contributed by atoms with E-state index in [-0.39, 0.29) is 11.5 Å². The van der Waals surface area contributed by atoms with Gasteiger partial charge in [0.05, 0.1) is 18.1 Å². The van der Waals surface area contributed by atoms with Crippen molar-refractivity contribution in [1.29, 1.82) is 0 Å². The highest BCUT2D eigenvalue weighted by Crippen LogP contribution is 2.21. The number of thiophene rings is 1. The van der Waals surface area contributed by atoms with Crippen molar-refractivity contribution in [1.82, 2.24) is 4.31 Å². The van der Waals surface area contributed by atoms with E-state index in [1.54, 1.807) is 0 Å². The molecule has 0 fully saturated rings. The Balaban J connectivity index is 2.73. The van der Waals surface area contributed by atoms with Crippen molar-refractivity contribution in [3.63, 3.8) is 0 Å². The first-order chi connectivity index (χ1) is 8.02. The highest BCUT2D eigenvalue weighted by atomic mass is 32.2. The van der Waals surface area contributed by atoms with Crippen LogP contribution in [-0.4, -0.2) is 44.6 Å². The molecule has 0 spiro atoms. The molecule has 0 aliphatic rings. The van der Waals surface area contributed by atoms with Gasteiger partial charge in [-0.3, -0.25) is 0 Å². The molecule has 0 amide bonds. The number of aliphatic hydroxyl groups is 1. The molecule has 1 N–H and O–H groups in total. The van der Waals surface area contributed by atoms with Crippen LogP contribution in [0.4, 0.5) is 0 Å². The number of hydrogen-bond acceptors (Lipinski definition) is 5. The Kier molecular flexibility index (Phi) is 5.54. The zero-order chi connectivity index (χ0) is 12.9. The lowest BCUT2D eigenvalue weighted by Gasteiger charge is -2.15. The van der Waals surface area contributed by atoms with E-state index in [9.17, 15) is 8.42 Å². The fourth-order valence-corrected chi connectivity index (χ4v) is 3.49. The maximum absolute atomic E-state index is 12.1. The zero-order valence-corrected chi connectivity index (χ0v) is 11.6. The predicted molar refractivity (Wildman–Crippen MR) is 66.6 cm³/mol. The summed E-state index contributed by atoms with van der Waals surface area (Å²) in [6, 6.07) is 1.50. The maximum Gasteiger partial charge on any atom is 0.243 e. The van der Waals surface area contributed by atoms with Crippen molar-refractivity contribution in [2.24, 2.45) is 0 Å². The topological polar surface area (TPSA) is 66.8 Å². The van der Waals surface area contributed by atoms with E-state index in [2.05, 4.69) is 0 Å². The third-order valence-corrected chi connectivity index (χ3v) is 5.15. The van der Waals surface area contributed by atoms with Crippen LogP contribution in [0.15, 0.2) is 16.3 Å². The van der Waals surface area contributed by atoms with Crippen LogP contribution in [0.5, 0.6) is 0 Å². The summed E-state index contributed by atoms with van der Waals surface area (Å²) in [7, 11) is -1.94. The molecule has 17 heavy (non-hydrogen) atoms. The Bertz CT molecular complexity index is 441. The summed E-state index contributed by atoms with van der Waals surface area (Å²) >= 11 is 1.24. The van der Waals surface area contributed by atoms with Crippen molar-refractivity contribution in [3.05, 3.63) is 16.3 Å². The second-order valence-corrected chi connectivity index (χ2v) is 6.47. The lowest BCUT2D eigenvalue weighted by Crippen LogP contribution is -2.30. The molecule has 98 valence electrons. The van der Waals surface area contributed by atoms with E-state index in [1.165, 1.54) is 34.1 Å². The molecule has 1 rings (SSSR count). The van der Waals surface area contributed by atoms with Crippen LogP contribution < -0.4 is 0 Å². The van der Waals surface area contributed by atoms with E-state index in [1.807, 2.05) is 6.92 Å². The predicted octanol–water partition coefficient (Wildman–Crippen LogP) is 0.897. The molecule has 5 nitrogen and oxygen atoms in total. The SMILES string of the molecule is CCOCCN(C)S(=O)(=O)c1csc(CO)c1. The lowest BCUT2D eigenvalue weighted by molar-refractivity contribution is 0.138. The summed E-state index contributed by atoms with van der Waals surface area (Å²) in [5.74, 6) is 0. The Labute approximate surface area is 106 Å². The first kappa shape index (κ1) is 14.6. The van der Waals surface area contributed by atoms with Crippen LogP contribution >= 0.6 is 11.3 Å². The Morgan fingerprint density at radius 3 is 2.76 bits per heavy atom. The van der Waals surface area contributed by atoms with Gasteiger partial charge in [0.1, 0.15) is 0 Å². The molecule has 0 saturated heterocycles. The van der Waals surface area contributed by atoms with Crippen molar-refractivity contribution in [3.8, 4) is 0 Å². The molecule has 1 aromatic heterocycles. The molecule has 7 heteroatoms. The smallest absolute Gasteiger partial charge is 0.243 e. The standard InChI is InChI=1S/C10H17NO4S2/c1-3-15-5-4-11(2)17(13,14)10-6-9(7-12)16-8-10/h6,8,12H,3-5,7H2,1-2H3. The number of likely N-dealkylation sites (N-methyl/N-ethyl adjacent to an activating group) is 1. The summed E-state index contributed by atoms with van der Waals surface area (Å²) < 4.78 is 30.5. The molecule has 0 aromatic carbocycles. The van der Waals surface area contributed by atoms with Gasteiger partial charge in [-0.15, -0.1) is 11.3 Å². The first-order valence-corrected chi connectivity index (χ1v) is 7.56. The number of hydrogen-bond donors (Lipinski definition) is 1. The average molecular weight is 279 g/mol. The molecule has 0 aliphatic heterocycles. The molecule has 1 heterocycles. The first-order valence-electron chi connectivity index (χ1n) is 5.24. The largest absolute Gasteiger partial charge is 0.391 e. The van der Waals surface area contributed by atoms with Gasteiger partial charge in [-0.1, -0.05) is 0 Å². The summed E-state index contributed by atoms with van der Waals surface area (Å²) in [5.41, 5.74) is 0. The minimum Gasteiger partial charge on any atom is -0.391 e. The van der Waals surface area contributed by atoms with Crippen LogP contribution in [0.3, 0.4) is 0 Å². The van der Waals surface area contributed by atoms with E-state index >= 15 is 0 Å². The molecule has 1 aromatic rings. The van der Waals surface area contributed by atoms with Crippen molar-refractivity contribution >= 4 is 21.4 Å². The fourth-order valence-electron chi connectivity index (χ4n) is 1.22. The monoisotopic (exact) mass is 279 g/mol. The number of nitrogens with zero attached hydrogens (tertiary/aromatic N) is 1. The van der Waals surface area contributed by atoms with Crippen molar-refractivity contribution < 1.29 is 18.3 Å². The van der Waals surface area contributed by atoms with Crippen LogP contribution in [0.1, 0.15) is 11.8 Å². The second kappa shape index (κ2) is 6.46. The van der Waals surface area contributed by atoms with Gasteiger partial charge in [-0.2, -0.15) is 4.31 Å². The summed E-state index contributed by atoms with van der Waals surface area (Å²) in [6.07, 6.45) is 0. The van der Waals surface area contributed by atoms with Gasteiger partial charge in [0, 0.05) is 30.5 Å². The summed E-state index contributed by atoms with van der Waals surface area (Å²) in [4.78, 5) is 0.868. The van der Waals surface area contributed by atoms with Gasteiger partial charge < -0.3 is 9.84 Å². The molecule has 0 aliphatic carbocycles. The number of sulfonamides is 1. The maximum atomic E-state index is 12.1. The van der Waals surface area contributed by atoms with Gasteiger partial charge in [0.15, 0.2) is 0 Å². The Morgan fingerprint density at radius 1 is 1.53 bits per heavy atom. The lowest BCUT2D eigenvalue weighted by atomic mass is 10.5. The third kappa shape index (κ3) is 3.75. The summed E-state index contributed by atoms with van der Waals surface area (Å²) in [6.45, 7) is 2.99. The molecule has 0 radical (unpaired) electrons. The Morgan fingerprint density at radius 2 is 2.24 bits per heavy atom. The van der Waals surface area contributed by atoms with Crippen molar-refractivity contribution in [2.75, 3.05) is 26.8 Å². The molecule has 0 bridgehead atoms. The zero-order valence-electron chi connectivity index (χ0n) is 9.92. The van der Waals surface area contributed by atoms with Gasteiger partial charge >= 0.3 is 0 Å². The van der Waals surface area contributed by atoms with Crippen LogP contribution in [0.2, 0.25) is 0 Å². The van der Waals surface area contributed by atoms with Gasteiger partial charge in [-0.25, -0.2) is 8.42 Å². The average Bonchev–Trinajstić information content (AvgIpc) is 2.78. The van der Waals surface area contributed by atoms with E-state index in [0.29, 0.717) is 24.6 Å². The second-order valence-electron chi connectivity index (χ2n) is 3.43. The highest BCUT2D eigenvalue weighted by Gasteiger charge is 2.21. The minimum atomic E-state index is -3.46. The van der Waals surface area contributed by atoms with Crippen LogP contribution in [0.25, 0.3) is 0 Å². The van der Waals surface area contributed by atoms with Crippen molar-refractivity contribution in [2.45, 2.75) is 18.4 Å².